The first-order valence-electron chi connectivity index (χ1n) is 5.10. The van der Waals surface area contributed by atoms with Crippen LogP contribution in [-0.2, 0) is 0 Å². The van der Waals surface area contributed by atoms with Crippen molar-refractivity contribution in [2.24, 2.45) is 0 Å². The Kier molecular flexibility index (Phi) is 2.04. The maximum absolute atomic E-state index is 12.8. The number of aromatic nitrogens is 3. The third kappa shape index (κ3) is 1.61. The minimum atomic E-state index is -0.276. The van der Waals surface area contributed by atoms with Crippen LogP contribution in [-0.4, -0.2) is 14.6 Å². The molecule has 2 heterocycles. The summed E-state index contributed by atoms with van der Waals surface area (Å²) >= 11 is 0. The van der Waals surface area contributed by atoms with Crippen LogP contribution in [0.15, 0.2) is 42.6 Å². The normalized spacial score (nSPS) is 10.9. The van der Waals surface area contributed by atoms with Gasteiger partial charge in [-0.25, -0.2) is 4.39 Å². The number of fused-ring (bicyclic) bond motifs is 1. The van der Waals surface area contributed by atoms with Crippen molar-refractivity contribution in [1.29, 1.82) is 0 Å². The highest BCUT2D eigenvalue weighted by atomic mass is 19.1. The maximum Gasteiger partial charge on any atom is 0.168 e. The second kappa shape index (κ2) is 3.55. The van der Waals surface area contributed by atoms with Crippen molar-refractivity contribution in [3.8, 4) is 11.4 Å². The number of pyridine rings is 1. The number of nitrogens with two attached hydrogens (primary N) is 1. The van der Waals surface area contributed by atoms with Gasteiger partial charge in [-0.1, -0.05) is 0 Å². The minimum Gasteiger partial charge on any atom is -0.398 e. The van der Waals surface area contributed by atoms with E-state index in [1.807, 2.05) is 0 Å². The van der Waals surface area contributed by atoms with Crippen molar-refractivity contribution in [2.45, 2.75) is 0 Å². The van der Waals surface area contributed by atoms with Gasteiger partial charge in [0.15, 0.2) is 11.5 Å². The van der Waals surface area contributed by atoms with Crippen LogP contribution < -0.4 is 5.73 Å². The van der Waals surface area contributed by atoms with E-state index in [1.165, 1.54) is 12.1 Å². The van der Waals surface area contributed by atoms with Crippen LogP contribution in [0, 0.1) is 5.82 Å². The molecule has 0 spiro atoms. The summed E-state index contributed by atoms with van der Waals surface area (Å²) in [5.74, 6) is 0.370. The average molecular weight is 228 g/mol. The predicted molar refractivity (Wildman–Crippen MR) is 62.8 cm³/mol. The van der Waals surface area contributed by atoms with Gasteiger partial charge in [0.1, 0.15) is 5.82 Å². The topological polar surface area (TPSA) is 56.2 Å². The molecule has 3 rings (SSSR count). The largest absolute Gasteiger partial charge is 0.398 e. The number of nitrogen functional groups attached to an aromatic ring is 1. The van der Waals surface area contributed by atoms with Crippen LogP contribution in [0.2, 0.25) is 0 Å². The smallest absolute Gasteiger partial charge is 0.168 e. The van der Waals surface area contributed by atoms with Gasteiger partial charge in [0.2, 0.25) is 0 Å². The van der Waals surface area contributed by atoms with E-state index in [0.29, 0.717) is 17.2 Å². The Morgan fingerprint density at radius 1 is 1.00 bits per heavy atom. The lowest BCUT2D eigenvalue weighted by Gasteiger charge is -2.00. The summed E-state index contributed by atoms with van der Waals surface area (Å²) in [6.45, 7) is 0. The SMILES string of the molecule is Nc1ccc2nnc(-c3ccc(F)cc3)n2c1. The monoisotopic (exact) mass is 228 g/mol. The molecule has 0 saturated heterocycles. The van der Waals surface area contributed by atoms with E-state index in [2.05, 4.69) is 10.2 Å². The predicted octanol–water partition coefficient (Wildman–Crippen LogP) is 2.12. The van der Waals surface area contributed by atoms with Crippen LogP contribution in [0.25, 0.3) is 17.0 Å². The molecule has 0 fully saturated rings. The Bertz CT molecular complexity index is 673. The molecule has 2 N–H and O–H groups in total. The summed E-state index contributed by atoms with van der Waals surface area (Å²) in [4.78, 5) is 0. The molecule has 2 aromatic heterocycles. The molecule has 3 aromatic rings. The van der Waals surface area contributed by atoms with Crippen LogP contribution in [0.1, 0.15) is 0 Å². The zero-order chi connectivity index (χ0) is 11.8. The molecule has 0 amide bonds. The molecular weight excluding hydrogens is 219 g/mol. The van der Waals surface area contributed by atoms with Gasteiger partial charge in [-0.3, -0.25) is 4.40 Å². The van der Waals surface area contributed by atoms with Gasteiger partial charge in [0, 0.05) is 17.4 Å². The molecule has 1 aromatic carbocycles. The van der Waals surface area contributed by atoms with E-state index in [1.54, 1.807) is 34.9 Å². The Balaban J connectivity index is 2.23. The third-order valence-corrected chi connectivity index (χ3v) is 2.53. The number of nitrogens with zero attached hydrogens (tertiary/aromatic N) is 3. The number of rotatable bonds is 1. The quantitative estimate of drug-likeness (QED) is 0.694. The van der Waals surface area contributed by atoms with Gasteiger partial charge >= 0.3 is 0 Å². The number of hydrogen-bond acceptors (Lipinski definition) is 3. The molecule has 17 heavy (non-hydrogen) atoms. The molecule has 0 aliphatic carbocycles. The van der Waals surface area contributed by atoms with E-state index in [-0.39, 0.29) is 5.82 Å². The summed E-state index contributed by atoms with van der Waals surface area (Å²) in [6.07, 6.45) is 1.74. The first-order chi connectivity index (χ1) is 8.24. The minimum absolute atomic E-state index is 0.276. The highest BCUT2D eigenvalue weighted by Crippen LogP contribution is 2.19. The first kappa shape index (κ1) is 9.77. The Hall–Kier alpha value is -2.43. The fourth-order valence-corrected chi connectivity index (χ4v) is 1.70. The van der Waals surface area contributed by atoms with Gasteiger partial charge in [0.25, 0.3) is 0 Å². The van der Waals surface area contributed by atoms with Crippen LogP contribution in [0.5, 0.6) is 0 Å². The number of hydrogen-bond donors (Lipinski definition) is 1. The summed E-state index contributed by atoms with van der Waals surface area (Å²) in [7, 11) is 0. The van der Waals surface area contributed by atoms with Crippen LogP contribution >= 0.6 is 0 Å². The van der Waals surface area contributed by atoms with Crippen molar-refractivity contribution in [2.75, 3.05) is 5.73 Å². The van der Waals surface area contributed by atoms with Gasteiger partial charge in [0.05, 0.1) is 0 Å². The number of halogens is 1. The van der Waals surface area contributed by atoms with Crippen molar-refractivity contribution in [3.05, 3.63) is 48.4 Å². The van der Waals surface area contributed by atoms with Gasteiger partial charge in [-0.05, 0) is 36.4 Å². The second-order valence-electron chi connectivity index (χ2n) is 3.72. The van der Waals surface area contributed by atoms with Gasteiger partial charge in [-0.2, -0.15) is 0 Å². The molecule has 0 aliphatic heterocycles. The van der Waals surface area contributed by atoms with Gasteiger partial charge in [-0.15, -0.1) is 10.2 Å². The van der Waals surface area contributed by atoms with E-state index in [0.717, 1.165) is 5.56 Å². The van der Waals surface area contributed by atoms with Crippen molar-refractivity contribution < 1.29 is 4.39 Å². The van der Waals surface area contributed by atoms with Crippen molar-refractivity contribution >= 4 is 11.3 Å². The van der Waals surface area contributed by atoms with Crippen LogP contribution in [0.3, 0.4) is 0 Å². The Morgan fingerprint density at radius 3 is 2.53 bits per heavy atom. The highest BCUT2D eigenvalue weighted by molar-refractivity contribution is 5.60. The fraction of sp³-hybridized carbons (Fsp3) is 0. The molecule has 0 aliphatic rings. The first-order valence-corrected chi connectivity index (χ1v) is 5.10. The number of benzene rings is 1. The lowest BCUT2D eigenvalue weighted by Crippen LogP contribution is -1.92. The molecule has 5 heteroatoms. The molecular formula is C12H9FN4. The van der Waals surface area contributed by atoms with E-state index >= 15 is 0 Å². The highest BCUT2D eigenvalue weighted by Gasteiger charge is 2.07. The molecule has 4 nitrogen and oxygen atoms in total. The summed E-state index contributed by atoms with van der Waals surface area (Å²) < 4.78 is 14.6. The molecule has 0 radical (unpaired) electrons. The Morgan fingerprint density at radius 2 is 1.76 bits per heavy atom. The summed E-state index contributed by atoms with van der Waals surface area (Å²) in [5, 5.41) is 8.09. The maximum atomic E-state index is 12.8. The fourth-order valence-electron chi connectivity index (χ4n) is 1.70. The van der Waals surface area contributed by atoms with E-state index < -0.39 is 0 Å². The number of anilines is 1. The Labute approximate surface area is 96.5 Å². The zero-order valence-electron chi connectivity index (χ0n) is 8.84. The van der Waals surface area contributed by atoms with Crippen LogP contribution in [0.4, 0.5) is 10.1 Å². The molecule has 0 atom stereocenters. The average Bonchev–Trinajstić information content (AvgIpc) is 2.73. The van der Waals surface area contributed by atoms with Crippen molar-refractivity contribution in [3.63, 3.8) is 0 Å². The molecule has 0 bridgehead atoms. The van der Waals surface area contributed by atoms with Crippen molar-refractivity contribution in [1.82, 2.24) is 14.6 Å². The lowest BCUT2D eigenvalue weighted by molar-refractivity contribution is 0.628. The second-order valence-corrected chi connectivity index (χ2v) is 3.72. The van der Waals surface area contributed by atoms with Gasteiger partial charge < -0.3 is 5.73 Å². The lowest BCUT2D eigenvalue weighted by atomic mass is 10.2. The summed E-state index contributed by atoms with van der Waals surface area (Å²) in [5.41, 5.74) is 7.85. The van der Waals surface area contributed by atoms with E-state index in [4.69, 9.17) is 5.73 Å². The van der Waals surface area contributed by atoms with E-state index in [9.17, 15) is 4.39 Å². The zero-order valence-corrected chi connectivity index (χ0v) is 8.84. The molecule has 0 saturated carbocycles. The standard InChI is InChI=1S/C12H9FN4/c13-9-3-1-8(2-4-9)12-16-15-11-6-5-10(14)7-17(11)12/h1-7H,14H2. The summed E-state index contributed by atoms with van der Waals surface area (Å²) in [6, 6.07) is 9.66. The third-order valence-electron chi connectivity index (χ3n) is 2.53. The molecule has 84 valence electrons. The molecule has 0 unspecified atom stereocenters.